The molecule has 2 heterocycles. The third-order valence-corrected chi connectivity index (χ3v) is 6.76. The van der Waals surface area contributed by atoms with Crippen LogP contribution >= 0.6 is 11.8 Å². The molecule has 0 aliphatic rings. The molecule has 0 amide bonds. The minimum Gasteiger partial charge on any atom is -0.497 e. The Morgan fingerprint density at radius 1 is 1.12 bits per heavy atom. The lowest BCUT2D eigenvalue weighted by Gasteiger charge is -2.20. The third kappa shape index (κ3) is 5.12. The second-order valence-corrected chi connectivity index (χ2v) is 9.13. The maximum Gasteiger partial charge on any atom is 0.336 e. The SMILES string of the molecule is CCC(c1nnc(SCc2cc(=O)oc3cc(OC)ccc23)n1Cc1ccccc1)[NH+](C)C. The standard InChI is InChI=1S/C25H28N4O3S/c1-5-21(28(2)3)24-26-27-25(29(24)15-17-9-7-6-8-10-17)33-16-18-13-23(30)32-22-14-19(31-4)11-12-20(18)22/h6-14,21H,5,15-16H2,1-4H3/p+1. The van der Waals surface area contributed by atoms with Crippen LogP contribution in [0.4, 0.5) is 0 Å². The zero-order chi connectivity index (χ0) is 23.4. The number of aromatic nitrogens is 3. The van der Waals surface area contributed by atoms with E-state index in [0.29, 0.717) is 23.6 Å². The summed E-state index contributed by atoms with van der Waals surface area (Å²) in [5.41, 5.74) is 2.24. The van der Waals surface area contributed by atoms with Crippen LogP contribution in [0.3, 0.4) is 0 Å². The second-order valence-electron chi connectivity index (χ2n) is 8.19. The van der Waals surface area contributed by atoms with Crippen molar-refractivity contribution in [2.45, 2.75) is 36.8 Å². The van der Waals surface area contributed by atoms with Crippen molar-refractivity contribution in [3.05, 3.63) is 82.0 Å². The van der Waals surface area contributed by atoms with E-state index in [2.05, 4.69) is 47.9 Å². The highest BCUT2D eigenvalue weighted by atomic mass is 32.2. The number of hydrogen-bond acceptors (Lipinski definition) is 6. The van der Waals surface area contributed by atoms with Gasteiger partial charge in [0, 0.05) is 29.7 Å². The number of fused-ring (bicyclic) bond motifs is 1. The number of thioether (sulfide) groups is 1. The first-order valence-electron chi connectivity index (χ1n) is 11.0. The van der Waals surface area contributed by atoms with E-state index in [9.17, 15) is 4.79 Å². The molecule has 8 heteroatoms. The average molecular weight is 466 g/mol. The first-order valence-corrected chi connectivity index (χ1v) is 12.0. The Morgan fingerprint density at radius 3 is 2.61 bits per heavy atom. The summed E-state index contributed by atoms with van der Waals surface area (Å²) in [7, 11) is 5.88. The lowest BCUT2D eigenvalue weighted by atomic mass is 10.1. The van der Waals surface area contributed by atoms with Gasteiger partial charge in [0.2, 0.25) is 0 Å². The van der Waals surface area contributed by atoms with Gasteiger partial charge >= 0.3 is 5.63 Å². The van der Waals surface area contributed by atoms with Crippen molar-refractivity contribution in [2.24, 2.45) is 0 Å². The predicted molar refractivity (Wildman–Crippen MR) is 130 cm³/mol. The van der Waals surface area contributed by atoms with Crippen LogP contribution in [-0.2, 0) is 12.3 Å². The van der Waals surface area contributed by atoms with E-state index < -0.39 is 0 Å². The van der Waals surface area contributed by atoms with Crippen LogP contribution in [0.25, 0.3) is 11.0 Å². The summed E-state index contributed by atoms with van der Waals surface area (Å²) >= 11 is 1.58. The lowest BCUT2D eigenvalue weighted by molar-refractivity contribution is -0.893. The van der Waals surface area contributed by atoms with Gasteiger partial charge in [-0.15, -0.1) is 10.2 Å². The maximum atomic E-state index is 12.2. The quantitative estimate of drug-likeness (QED) is 0.302. The number of hydrogen-bond donors (Lipinski definition) is 1. The third-order valence-electron chi connectivity index (χ3n) is 5.74. The minimum absolute atomic E-state index is 0.243. The zero-order valence-corrected chi connectivity index (χ0v) is 20.2. The summed E-state index contributed by atoms with van der Waals surface area (Å²) in [6.45, 7) is 2.87. The summed E-state index contributed by atoms with van der Waals surface area (Å²) in [5.74, 6) is 2.21. The number of quaternary nitrogens is 1. The number of nitrogens with zero attached hydrogens (tertiary/aromatic N) is 3. The molecule has 33 heavy (non-hydrogen) atoms. The van der Waals surface area contributed by atoms with Crippen LogP contribution in [0.1, 0.15) is 36.3 Å². The summed E-state index contributed by atoms with van der Waals surface area (Å²) in [5, 5.41) is 10.9. The summed E-state index contributed by atoms with van der Waals surface area (Å²) in [6, 6.07) is 17.7. The van der Waals surface area contributed by atoms with Gasteiger partial charge in [-0.1, -0.05) is 49.0 Å². The van der Waals surface area contributed by atoms with E-state index in [0.717, 1.165) is 28.4 Å². The molecule has 0 saturated carbocycles. The normalized spacial score (nSPS) is 12.4. The first-order chi connectivity index (χ1) is 16.0. The molecule has 0 fully saturated rings. The van der Waals surface area contributed by atoms with Crippen LogP contribution in [0, 0.1) is 0 Å². The Kier molecular flexibility index (Phi) is 7.15. The summed E-state index contributed by atoms with van der Waals surface area (Å²) in [6.07, 6.45) is 0.964. The first kappa shape index (κ1) is 23.1. The topological polar surface area (TPSA) is 74.6 Å². The Morgan fingerprint density at radius 2 is 1.91 bits per heavy atom. The molecular weight excluding hydrogens is 436 g/mol. The number of ether oxygens (including phenoxy) is 1. The Hall–Kier alpha value is -3.10. The van der Waals surface area contributed by atoms with E-state index in [1.54, 1.807) is 31.0 Å². The monoisotopic (exact) mass is 465 g/mol. The van der Waals surface area contributed by atoms with Crippen molar-refractivity contribution in [1.82, 2.24) is 14.8 Å². The number of benzene rings is 2. The highest BCUT2D eigenvalue weighted by Crippen LogP contribution is 2.29. The number of rotatable bonds is 9. The molecule has 7 nitrogen and oxygen atoms in total. The number of nitrogens with one attached hydrogen (secondary N) is 1. The minimum atomic E-state index is -0.375. The fraction of sp³-hybridized carbons (Fsp3) is 0.320. The Labute approximate surface area is 197 Å². The molecule has 1 unspecified atom stereocenters. The van der Waals surface area contributed by atoms with Gasteiger partial charge in [0.1, 0.15) is 17.4 Å². The molecule has 2 aromatic carbocycles. The molecule has 4 rings (SSSR count). The van der Waals surface area contributed by atoms with Crippen molar-refractivity contribution >= 4 is 22.7 Å². The highest BCUT2D eigenvalue weighted by Gasteiger charge is 2.25. The molecule has 2 aromatic heterocycles. The molecule has 0 bridgehead atoms. The van der Waals surface area contributed by atoms with Crippen molar-refractivity contribution < 1.29 is 14.1 Å². The summed E-state index contributed by atoms with van der Waals surface area (Å²) < 4.78 is 12.9. The van der Waals surface area contributed by atoms with Crippen LogP contribution in [0.5, 0.6) is 5.75 Å². The van der Waals surface area contributed by atoms with Crippen LogP contribution < -0.4 is 15.3 Å². The fourth-order valence-corrected chi connectivity index (χ4v) is 4.96. The molecule has 0 aliphatic carbocycles. The van der Waals surface area contributed by atoms with E-state index in [1.807, 2.05) is 30.3 Å². The molecule has 1 atom stereocenters. The van der Waals surface area contributed by atoms with Crippen molar-refractivity contribution in [1.29, 1.82) is 0 Å². The smallest absolute Gasteiger partial charge is 0.336 e. The second kappa shape index (κ2) is 10.2. The van der Waals surface area contributed by atoms with Gasteiger partial charge in [0.05, 0.1) is 27.7 Å². The Balaban J connectivity index is 1.68. The van der Waals surface area contributed by atoms with Gasteiger partial charge in [0.15, 0.2) is 11.0 Å². The average Bonchev–Trinajstić information content (AvgIpc) is 3.19. The molecule has 172 valence electrons. The number of methoxy groups -OCH3 is 1. The molecule has 0 aliphatic heterocycles. The van der Waals surface area contributed by atoms with Crippen LogP contribution in [0.2, 0.25) is 0 Å². The maximum absolute atomic E-state index is 12.2. The molecule has 0 saturated heterocycles. The predicted octanol–water partition coefficient (Wildman–Crippen LogP) is 3.33. The van der Waals surface area contributed by atoms with Crippen molar-refractivity contribution in [3.8, 4) is 5.75 Å². The largest absolute Gasteiger partial charge is 0.497 e. The highest BCUT2D eigenvalue weighted by molar-refractivity contribution is 7.98. The molecule has 0 spiro atoms. The molecular formula is C25H29N4O3S+. The zero-order valence-electron chi connectivity index (χ0n) is 19.4. The lowest BCUT2D eigenvalue weighted by Crippen LogP contribution is -3.06. The van der Waals surface area contributed by atoms with E-state index in [-0.39, 0.29) is 11.7 Å². The molecule has 4 aromatic rings. The van der Waals surface area contributed by atoms with Gasteiger partial charge in [-0.3, -0.25) is 4.57 Å². The van der Waals surface area contributed by atoms with Gasteiger partial charge < -0.3 is 14.1 Å². The van der Waals surface area contributed by atoms with Crippen LogP contribution in [-0.4, -0.2) is 36.0 Å². The van der Waals surface area contributed by atoms with Crippen LogP contribution in [0.15, 0.2) is 69.0 Å². The van der Waals surface area contributed by atoms with E-state index in [4.69, 9.17) is 9.15 Å². The molecule has 1 N–H and O–H groups in total. The molecule has 0 radical (unpaired) electrons. The van der Waals surface area contributed by atoms with E-state index >= 15 is 0 Å². The van der Waals surface area contributed by atoms with Crippen molar-refractivity contribution in [2.75, 3.05) is 21.2 Å². The van der Waals surface area contributed by atoms with E-state index in [1.165, 1.54) is 10.5 Å². The fourth-order valence-electron chi connectivity index (χ4n) is 4.03. The van der Waals surface area contributed by atoms with Gasteiger partial charge in [-0.25, -0.2) is 4.79 Å². The Bertz CT molecular complexity index is 1280. The van der Waals surface area contributed by atoms with Gasteiger partial charge in [-0.2, -0.15) is 0 Å². The van der Waals surface area contributed by atoms with Gasteiger partial charge in [-0.05, 0) is 23.3 Å². The van der Waals surface area contributed by atoms with Gasteiger partial charge in [0.25, 0.3) is 0 Å². The summed E-state index contributed by atoms with van der Waals surface area (Å²) in [4.78, 5) is 13.5. The van der Waals surface area contributed by atoms with Crippen molar-refractivity contribution in [3.63, 3.8) is 0 Å².